The third kappa shape index (κ3) is 3.49. The molecule has 2 rings (SSSR count). The molecule has 1 heterocycles. The maximum absolute atomic E-state index is 13.3. The SMILES string of the molecule is NS(=O)(=O)c1ccc(CNc2ncc(F)cc2F)cc1. The number of nitrogens with two attached hydrogens (primary N) is 1. The van der Waals surface area contributed by atoms with Gasteiger partial charge >= 0.3 is 0 Å². The Bertz CT molecular complexity index is 718. The van der Waals surface area contributed by atoms with Crippen LogP contribution in [-0.2, 0) is 16.6 Å². The summed E-state index contributed by atoms with van der Waals surface area (Å²) < 4.78 is 48.1. The largest absolute Gasteiger partial charge is 0.364 e. The highest BCUT2D eigenvalue weighted by atomic mass is 32.2. The highest BCUT2D eigenvalue weighted by Crippen LogP contribution is 2.14. The number of rotatable bonds is 4. The van der Waals surface area contributed by atoms with E-state index in [9.17, 15) is 17.2 Å². The van der Waals surface area contributed by atoms with Gasteiger partial charge in [0.1, 0.15) is 5.82 Å². The average Bonchev–Trinajstić information content (AvgIpc) is 2.37. The summed E-state index contributed by atoms with van der Waals surface area (Å²) in [5, 5.41) is 7.65. The van der Waals surface area contributed by atoms with Crippen molar-refractivity contribution in [2.45, 2.75) is 11.4 Å². The fourth-order valence-electron chi connectivity index (χ4n) is 1.53. The van der Waals surface area contributed by atoms with Crippen molar-refractivity contribution in [1.82, 2.24) is 4.98 Å². The first-order valence-electron chi connectivity index (χ1n) is 5.53. The van der Waals surface area contributed by atoms with Gasteiger partial charge in [0.2, 0.25) is 10.0 Å². The summed E-state index contributed by atoms with van der Waals surface area (Å²) in [7, 11) is -3.73. The van der Waals surface area contributed by atoms with Crippen LogP contribution in [0, 0.1) is 11.6 Å². The van der Waals surface area contributed by atoms with Gasteiger partial charge in [-0.15, -0.1) is 0 Å². The van der Waals surface area contributed by atoms with E-state index in [0.717, 1.165) is 12.3 Å². The minimum atomic E-state index is -3.73. The van der Waals surface area contributed by atoms with Crippen molar-refractivity contribution in [1.29, 1.82) is 0 Å². The van der Waals surface area contributed by atoms with Gasteiger partial charge in [-0.3, -0.25) is 0 Å². The molecule has 2 aromatic rings. The van der Waals surface area contributed by atoms with Crippen LogP contribution in [0.1, 0.15) is 5.56 Å². The van der Waals surface area contributed by atoms with Crippen LogP contribution in [0.5, 0.6) is 0 Å². The van der Waals surface area contributed by atoms with Crippen LogP contribution in [0.4, 0.5) is 14.6 Å². The van der Waals surface area contributed by atoms with E-state index in [1.54, 1.807) is 0 Å². The maximum Gasteiger partial charge on any atom is 0.238 e. The molecule has 20 heavy (non-hydrogen) atoms. The highest BCUT2D eigenvalue weighted by Gasteiger charge is 2.08. The first-order valence-corrected chi connectivity index (χ1v) is 7.07. The lowest BCUT2D eigenvalue weighted by molar-refractivity contribution is 0.575. The molecule has 0 bridgehead atoms. The number of nitrogens with zero attached hydrogens (tertiary/aromatic N) is 1. The quantitative estimate of drug-likeness (QED) is 0.898. The number of hydrogen-bond donors (Lipinski definition) is 2. The second kappa shape index (κ2) is 5.51. The van der Waals surface area contributed by atoms with Crippen LogP contribution >= 0.6 is 0 Å². The summed E-state index contributed by atoms with van der Waals surface area (Å²) in [6.45, 7) is 0.209. The number of halogens is 2. The first-order chi connectivity index (χ1) is 9.36. The zero-order valence-electron chi connectivity index (χ0n) is 10.2. The number of nitrogens with one attached hydrogen (secondary N) is 1. The Hall–Kier alpha value is -2.06. The van der Waals surface area contributed by atoms with Gasteiger partial charge in [0.15, 0.2) is 11.6 Å². The van der Waals surface area contributed by atoms with Crippen LogP contribution in [0.15, 0.2) is 41.4 Å². The number of hydrogen-bond acceptors (Lipinski definition) is 4. The van der Waals surface area contributed by atoms with Crippen LogP contribution in [-0.4, -0.2) is 13.4 Å². The Labute approximate surface area is 114 Å². The van der Waals surface area contributed by atoms with E-state index in [0.29, 0.717) is 5.56 Å². The first kappa shape index (κ1) is 14.4. The summed E-state index contributed by atoms with van der Waals surface area (Å²) in [5.41, 5.74) is 0.697. The van der Waals surface area contributed by atoms with Gasteiger partial charge in [-0.2, -0.15) is 0 Å². The predicted molar refractivity (Wildman–Crippen MR) is 69.3 cm³/mol. The minimum Gasteiger partial charge on any atom is -0.364 e. The van der Waals surface area contributed by atoms with Gasteiger partial charge in [0, 0.05) is 12.6 Å². The lowest BCUT2D eigenvalue weighted by atomic mass is 10.2. The number of pyridine rings is 1. The van der Waals surface area contributed by atoms with Crippen molar-refractivity contribution in [3.05, 3.63) is 53.7 Å². The number of aromatic nitrogens is 1. The lowest BCUT2D eigenvalue weighted by Gasteiger charge is -2.07. The van der Waals surface area contributed by atoms with Crippen LogP contribution in [0.2, 0.25) is 0 Å². The van der Waals surface area contributed by atoms with Gasteiger partial charge in [0.25, 0.3) is 0 Å². The number of primary sulfonamides is 1. The summed E-state index contributed by atoms with van der Waals surface area (Å²) in [6, 6.07) is 6.49. The van der Waals surface area contributed by atoms with Crippen molar-refractivity contribution in [3.8, 4) is 0 Å². The molecular weight excluding hydrogens is 288 g/mol. The van der Waals surface area contributed by atoms with Crippen molar-refractivity contribution >= 4 is 15.8 Å². The topological polar surface area (TPSA) is 85.1 Å². The van der Waals surface area contributed by atoms with Gasteiger partial charge < -0.3 is 5.32 Å². The molecule has 1 aromatic heterocycles. The number of anilines is 1. The molecular formula is C12H11F2N3O2S. The molecule has 0 saturated heterocycles. The molecule has 0 aliphatic rings. The lowest BCUT2D eigenvalue weighted by Crippen LogP contribution is -2.12. The molecule has 0 amide bonds. The Kier molecular flexibility index (Phi) is 3.96. The molecule has 0 saturated carbocycles. The Morgan fingerprint density at radius 2 is 1.85 bits per heavy atom. The smallest absolute Gasteiger partial charge is 0.238 e. The van der Waals surface area contributed by atoms with E-state index in [2.05, 4.69) is 10.3 Å². The Balaban J connectivity index is 2.08. The summed E-state index contributed by atoms with van der Waals surface area (Å²) in [6.07, 6.45) is 0.898. The average molecular weight is 299 g/mol. The molecule has 0 aliphatic heterocycles. The molecule has 0 radical (unpaired) electrons. The third-order valence-corrected chi connectivity index (χ3v) is 3.45. The van der Waals surface area contributed by atoms with Gasteiger partial charge in [-0.25, -0.2) is 27.3 Å². The van der Waals surface area contributed by atoms with Crippen LogP contribution < -0.4 is 10.5 Å². The second-order valence-electron chi connectivity index (χ2n) is 4.03. The van der Waals surface area contributed by atoms with E-state index >= 15 is 0 Å². The summed E-state index contributed by atoms with van der Waals surface area (Å²) in [4.78, 5) is 3.57. The third-order valence-electron chi connectivity index (χ3n) is 2.52. The fourth-order valence-corrected chi connectivity index (χ4v) is 2.04. The normalized spacial score (nSPS) is 11.3. The van der Waals surface area contributed by atoms with Crippen LogP contribution in [0.3, 0.4) is 0 Å². The molecule has 0 fully saturated rings. The van der Waals surface area contributed by atoms with Gasteiger partial charge in [-0.05, 0) is 17.7 Å². The number of benzene rings is 1. The summed E-state index contributed by atoms with van der Waals surface area (Å²) >= 11 is 0. The van der Waals surface area contributed by atoms with Crippen molar-refractivity contribution in [2.24, 2.45) is 5.14 Å². The molecule has 0 aliphatic carbocycles. The Morgan fingerprint density at radius 1 is 1.20 bits per heavy atom. The fraction of sp³-hybridized carbons (Fsp3) is 0.0833. The zero-order valence-corrected chi connectivity index (χ0v) is 11.0. The molecule has 0 spiro atoms. The second-order valence-corrected chi connectivity index (χ2v) is 5.59. The number of sulfonamides is 1. The maximum atomic E-state index is 13.3. The molecule has 1 aromatic carbocycles. The van der Waals surface area contributed by atoms with Gasteiger partial charge in [-0.1, -0.05) is 12.1 Å². The monoisotopic (exact) mass is 299 g/mol. The van der Waals surface area contributed by atoms with E-state index < -0.39 is 21.7 Å². The molecule has 106 valence electrons. The van der Waals surface area contributed by atoms with Crippen molar-refractivity contribution in [2.75, 3.05) is 5.32 Å². The highest BCUT2D eigenvalue weighted by molar-refractivity contribution is 7.89. The molecule has 5 nitrogen and oxygen atoms in total. The van der Waals surface area contributed by atoms with Crippen molar-refractivity contribution in [3.63, 3.8) is 0 Å². The standard InChI is InChI=1S/C12H11F2N3O2S/c13-9-5-11(14)12(17-7-9)16-6-8-1-3-10(4-2-8)20(15,18)19/h1-5,7H,6H2,(H,16,17)(H2,15,18,19). The van der Waals surface area contributed by atoms with E-state index in [-0.39, 0.29) is 17.3 Å². The van der Waals surface area contributed by atoms with E-state index in [1.165, 1.54) is 24.3 Å². The van der Waals surface area contributed by atoms with Gasteiger partial charge in [0.05, 0.1) is 11.1 Å². The summed E-state index contributed by atoms with van der Waals surface area (Å²) in [5.74, 6) is -1.64. The van der Waals surface area contributed by atoms with E-state index in [1.807, 2.05) is 0 Å². The Morgan fingerprint density at radius 3 is 2.40 bits per heavy atom. The van der Waals surface area contributed by atoms with Crippen molar-refractivity contribution < 1.29 is 17.2 Å². The van der Waals surface area contributed by atoms with E-state index in [4.69, 9.17) is 5.14 Å². The molecule has 3 N–H and O–H groups in total. The van der Waals surface area contributed by atoms with Crippen LogP contribution in [0.25, 0.3) is 0 Å². The minimum absolute atomic E-state index is 0.00709. The molecule has 8 heteroatoms. The zero-order chi connectivity index (χ0) is 14.8. The molecule has 0 unspecified atom stereocenters. The predicted octanol–water partition coefficient (Wildman–Crippen LogP) is 1.62. The molecule has 0 atom stereocenters.